The topological polar surface area (TPSA) is 74.3 Å². The average Bonchev–Trinajstić information content (AvgIpc) is 3.01. The van der Waals surface area contributed by atoms with Crippen LogP contribution >= 0.6 is 11.3 Å². The molecule has 6 nitrogen and oxygen atoms in total. The molecule has 0 aliphatic heterocycles. The van der Waals surface area contributed by atoms with Gasteiger partial charge in [-0.25, -0.2) is 4.98 Å². The molecule has 23 heavy (non-hydrogen) atoms. The molecule has 1 aromatic carbocycles. The zero-order valence-electron chi connectivity index (χ0n) is 13.2. The Morgan fingerprint density at radius 2 is 2.00 bits per heavy atom. The van der Waals surface area contributed by atoms with Crippen molar-refractivity contribution in [2.45, 2.75) is 13.3 Å². The normalized spacial score (nSPS) is 10.2. The number of benzene rings is 1. The van der Waals surface area contributed by atoms with Crippen LogP contribution in [0.25, 0.3) is 0 Å². The Morgan fingerprint density at radius 3 is 2.70 bits per heavy atom. The predicted molar refractivity (Wildman–Crippen MR) is 92.1 cm³/mol. The standard InChI is InChI=1S/C16H20N4O2S/c1-3-9-17-14(21)10-20(2)15(22)13-11-23-16(19-13)18-12-7-5-4-6-8-12/h4-8,11H,3,9-10H2,1-2H3,(H,17,21)(H,18,19). The van der Waals surface area contributed by atoms with E-state index in [4.69, 9.17) is 0 Å². The minimum Gasteiger partial charge on any atom is -0.355 e. The number of thiazole rings is 1. The zero-order chi connectivity index (χ0) is 16.7. The third kappa shape index (κ3) is 5.07. The molecule has 0 saturated heterocycles. The van der Waals surface area contributed by atoms with Crippen molar-refractivity contribution in [3.8, 4) is 0 Å². The SMILES string of the molecule is CCCNC(=O)CN(C)C(=O)c1csc(Nc2ccccc2)n1. The van der Waals surface area contributed by atoms with E-state index in [1.54, 1.807) is 12.4 Å². The van der Waals surface area contributed by atoms with Gasteiger partial charge in [-0.15, -0.1) is 11.3 Å². The van der Waals surface area contributed by atoms with Crippen LogP contribution in [-0.4, -0.2) is 41.8 Å². The van der Waals surface area contributed by atoms with E-state index in [2.05, 4.69) is 15.6 Å². The first-order chi connectivity index (χ1) is 11.1. The van der Waals surface area contributed by atoms with Gasteiger partial charge in [0.1, 0.15) is 5.69 Å². The third-order valence-electron chi connectivity index (χ3n) is 3.05. The summed E-state index contributed by atoms with van der Waals surface area (Å²) >= 11 is 1.35. The van der Waals surface area contributed by atoms with Crippen LogP contribution in [0.3, 0.4) is 0 Å². The summed E-state index contributed by atoms with van der Waals surface area (Å²) in [5.74, 6) is -0.436. The van der Waals surface area contributed by atoms with Gasteiger partial charge < -0.3 is 15.5 Å². The quantitative estimate of drug-likeness (QED) is 0.817. The van der Waals surface area contributed by atoms with E-state index >= 15 is 0 Å². The molecule has 2 rings (SSSR count). The summed E-state index contributed by atoms with van der Waals surface area (Å²) in [5.41, 5.74) is 1.24. The van der Waals surface area contributed by atoms with E-state index in [0.717, 1.165) is 12.1 Å². The predicted octanol–water partition coefficient (Wildman–Crippen LogP) is 2.48. The molecule has 0 unspecified atom stereocenters. The maximum Gasteiger partial charge on any atom is 0.273 e. The van der Waals surface area contributed by atoms with Crippen LogP contribution in [0.5, 0.6) is 0 Å². The highest BCUT2D eigenvalue weighted by atomic mass is 32.1. The van der Waals surface area contributed by atoms with Gasteiger partial charge in [-0.2, -0.15) is 0 Å². The van der Waals surface area contributed by atoms with E-state index in [9.17, 15) is 9.59 Å². The fraction of sp³-hybridized carbons (Fsp3) is 0.312. The van der Waals surface area contributed by atoms with Gasteiger partial charge in [0.05, 0.1) is 6.54 Å². The van der Waals surface area contributed by atoms with Gasteiger partial charge in [0.15, 0.2) is 5.13 Å². The number of aromatic nitrogens is 1. The molecule has 0 bridgehead atoms. The number of hydrogen-bond acceptors (Lipinski definition) is 5. The highest BCUT2D eigenvalue weighted by Crippen LogP contribution is 2.21. The molecule has 0 aliphatic carbocycles. The van der Waals surface area contributed by atoms with Crippen molar-refractivity contribution in [1.29, 1.82) is 0 Å². The van der Waals surface area contributed by atoms with Crippen LogP contribution in [0.2, 0.25) is 0 Å². The number of rotatable bonds is 7. The third-order valence-corrected chi connectivity index (χ3v) is 3.81. The number of para-hydroxylation sites is 1. The largest absolute Gasteiger partial charge is 0.355 e. The number of carbonyl (C=O) groups excluding carboxylic acids is 2. The maximum absolute atomic E-state index is 12.3. The molecule has 2 aromatic rings. The van der Waals surface area contributed by atoms with Gasteiger partial charge in [0.2, 0.25) is 5.91 Å². The fourth-order valence-corrected chi connectivity index (χ4v) is 2.58. The van der Waals surface area contributed by atoms with E-state index < -0.39 is 0 Å². The van der Waals surface area contributed by atoms with Crippen molar-refractivity contribution in [3.05, 3.63) is 41.4 Å². The first kappa shape index (κ1) is 17.0. The number of nitrogens with zero attached hydrogens (tertiary/aromatic N) is 2. The molecule has 0 fully saturated rings. The van der Waals surface area contributed by atoms with Gasteiger partial charge in [0.25, 0.3) is 5.91 Å². The Kier molecular flexibility index (Phi) is 6.10. The fourth-order valence-electron chi connectivity index (χ4n) is 1.88. The second kappa shape index (κ2) is 8.28. The van der Waals surface area contributed by atoms with Crippen molar-refractivity contribution >= 4 is 34.0 Å². The van der Waals surface area contributed by atoms with Gasteiger partial charge in [-0.1, -0.05) is 25.1 Å². The lowest BCUT2D eigenvalue weighted by molar-refractivity contribution is -0.121. The molecule has 1 heterocycles. The smallest absolute Gasteiger partial charge is 0.273 e. The van der Waals surface area contributed by atoms with Gasteiger partial charge in [-0.05, 0) is 18.6 Å². The minimum absolute atomic E-state index is 0.0256. The molecule has 1 aromatic heterocycles. The summed E-state index contributed by atoms with van der Waals surface area (Å²) in [6, 6.07) is 9.62. The molecule has 0 radical (unpaired) electrons. The lowest BCUT2D eigenvalue weighted by atomic mass is 10.3. The molecule has 0 atom stereocenters. The Bertz CT molecular complexity index is 657. The highest BCUT2D eigenvalue weighted by Gasteiger charge is 2.17. The van der Waals surface area contributed by atoms with E-state index in [1.165, 1.54) is 16.2 Å². The van der Waals surface area contributed by atoms with Crippen LogP contribution in [0, 0.1) is 0 Å². The van der Waals surface area contributed by atoms with E-state index in [-0.39, 0.29) is 18.4 Å². The first-order valence-corrected chi connectivity index (χ1v) is 8.28. The second-order valence-electron chi connectivity index (χ2n) is 5.04. The summed E-state index contributed by atoms with van der Waals surface area (Å²) in [6.45, 7) is 2.62. The number of carbonyl (C=O) groups is 2. The van der Waals surface area contributed by atoms with Crippen molar-refractivity contribution in [3.63, 3.8) is 0 Å². The molecule has 2 amide bonds. The molecular formula is C16H20N4O2S. The first-order valence-electron chi connectivity index (χ1n) is 7.40. The maximum atomic E-state index is 12.3. The van der Waals surface area contributed by atoms with Gasteiger partial charge >= 0.3 is 0 Å². The van der Waals surface area contributed by atoms with Crippen LogP contribution in [0.1, 0.15) is 23.8 Å². The summed E-state index contributed by atoms with van der Waals surface area (Å²) in [4.78, 5) is 29.6. The molecule has 7 heteroatoms. The van der Waals surface area contributed by atoms with E-state index in [1.807, 2.05) is 37.3 Å². The molecule has 0 aliphatic rings. The molecule has 0 spiro atoms. The molecule has 122 valence electrons. The Labute approximate surface area is 139 Å². The summed E-state index contributed by atoms with van der Waals surface area (Å²) in [7, 11) is 1.59. The summed E-state index contributed by atoms with van der Waals surface area (Å²) in [5, 5.41) is 8.22. The van der Waals surface area contributed by atoms with Crippen molar-refractivity contribution in [1.82, 2.24) is 15.2 Å². The molecule has 2 N–H and O–H groups in total. The van der Waals surface area contributed by atoms with Crippen molar-refractivity contribution in [2.24, 2.45) is 0 Å². The zero-order valence-corrected chi connectivity index (χ0v) is 14.0. The number of anilines is 2. The second-order valence-corrected chi connectivity index (χ2v) is 5.90. The van der Waals surface area contributed by atoms with Crippen LogP contribution < -0.4 is 10.6 Å². The number of nitrogens with one attached hydrogen (secondary N) is 2. The lowest BCUT2D eigenvalue weighted by Gasteiger charge is -2.15. The summed E-state index contributed by atoms with van der Waals surface area (Å²) in [6.07, 6.45) is 0.865. The highest BCUT2D eigenvalue weighted by molar-refractivity contribution is 7.14. The van der Waals surface area contributed by atoms with Crippen molar-refractivity contribution in [2.75, 3.05) is 25.5 Å². The Hall–Kier alpha value is -2.41. The summed E-state index contributed by atoms with van der Waals surface area (Å²) < 4.78 is 0. The Balaban J connectivity index is 1.93. The number of likely N-dealkylation sites (N-methyl/N-ethyl adjacent to an activating group) is 1. The van der Waals surface area contributed by atoms with E-state index in [0.29, 0.717) is 17.4 Å². The minimum atomic E-state index is -0.269. The average molecular weight is 332 g/mol. The van der Waals surface area contributed by atoms with Gasteiger partial charge in [-0.3, -0.25) is 9.59 Å². The van der Waals surface area contributed by atoms with Crippen LogP contribution in [0.15, 0.2) is 35.7 Å². The van der Waals surface area contributed by atoms with Gasteiger partial charge in [0, 0.05) is 24.7 Å². The monoisotopic (exact) mass is 332 g/mol. The molecular weight excluding hydrogens is 312 g/mol. The van der Waals surface area contributed by atoms with Crippen LogP contribution in [-0.2, 0) is 4.79 Å². The Morgan fingerprint density at radius 1 is 1.26 bits per heavy atom. The van der Waals surface area contributed by atoms with Crippen molar-refractivity contribution < 1.29 is 9.59 Å². The lowest BCUT2D eigenvalue weighted by Crippen LogP contribution is -2.38. The van der Waals surface area contributed by atoms with Crippen LogP contribution in [0.4, 0.5) is 10.8 Å². The molecule has 0 saturated carbocycles. The number of amides is 2. The number of hydrogen-bond donors (Lipinski definition) is 2.